The van der Waals surface area contributed by atoms with Crippen molar-refractivity contribution in [3.63, 3.8) is 0 Å². The van der Waals surface area contributed by atoms with E-state index < -0.39 is 15.8 Å². The summed E-state index contributed by atoms with van der Waals surface area (Å²) in [7, 11) is 0.630. The van der Waals surface area contributed by atoms with E-state index in [4.69, 9.17) is 0 Å². The minimum absolute atomic E-state index is 0.000989. The smallest absolute Gasteiger partial charge is 0.209 e. The van der Waals surface area contributed by atoms with Crippen LogP contribution >= 0.6 is 0 Å². The van der Waals surface area contributed by atoms with Gasteiger partial charge in [0.25, 0.3) is 0 Å². The summed E-state index contributed by atoms with van der Waals surface area (Å²) in [5.74, 6) is -0.442. The number of nitrogens with one attached hydrogen (secondary N) is 3. The van der Waals surface area contributed by atoms with Gasteiger partial charge < -0.3 is 9.88 Å². The quantitative estimate of drug-likeness (QED) is 0.235. The number of hydrogen-bond donors (Lipinski definition) is 3. The average Bonchev–Trinajstić information content (AvgIpc) is 3.54. The van der Waals surface area contributed by atoms with E-state index >= 15 is 0 Å². The number of hydrogen-bond acceptors (Lipinski definition) is 6. The number of fused-ring (bicyclic) bond motifs is 2. The van der Waals surface area contributed by atoms with Crippen molar-refractivity contribution in [3.8, 4) is 33.6 Å². The van der Waals surface area contributed by atoms with E-state index in [0.717, 1.165) is 62.7 Å². The van der Waals surface area contributed by atoms with Crippen LogP contribution in [0.4, 0.5) is 4.39 Å². The lowest BCUT2D eigenvalue weighted by Crippen LogP contribution is -2.21. The monoisotopic (exact) mass is 569 g/mol. The number of sulfonamides is 1. The van der Waals surface area contributed by atoms with Gasteiger partial charge in [0.15, 0.2) is 5.65 Å². The van der Waals surface area contributed by atoms with Gasteiger partial charge in [0.2, 0.25) is 10.0 Å². The van der Waals surface area contributed by atoms with E-state index in [1.807, 2.05) is 50.8 Å². The Morgan fingerprint density at radius 2 is 1.73 bits per heavy atom. The average molecular weight is 570 g/mol. The number of nitrogens with zero attached hydrogens (tertiary/aromatic N) is 4. The van der Waals surface area contributed by atoms with Crippen molar-refractivity contribution in [3.05, 3.63) is 90.1 Å². The zero-order valence-corrected chi connectivity index (χ0v) is 23.6. The minimum atomic E-state index is -3.41. The molecule has 0 saturated carbocycles. The number of aromatic nitrogens is 5. The number of halogens is 1. The molecule has 0 aliphatic carbocycles. The predicted molar refractivity (Wildman–Crippen MR) is 159 cm³/mol. The first-order chi connectivity index (χ1) is 19.6. The molecule has 0 aliphatic heterocycles. The first-order valence-corrected chi connectivity index (χ1v) is 14.8. The minimum Gasteiger partial charge on any atom is -0.353 e. The first kappa shape index (κ1) is 26.8. The Labute approximate surface area is 236 Å². The lowest BCUT2D eigenvalue weighted by atomic mass is 9.99. The zero-order valence-electron chi connectivity index (χ0n) is 22.7. The van der Waals surface area contributed by atoms with Crippen molar-refractivity contribution in [2.45, 2.75) is 13.1 Å². The molecule has 208 valence electrons. The van der Waals surface area contributed by atoms with Gasteiger partial charge in [0.1, 0.15) is 5.82 Å². The van der Waals surface area contributed by atoms with Crippen LogP contribution in [0.2, 0.25) is 0 Å². The lowest BCUT2D eigenvalue weighted by Gasteiger charge is -2.10. The number of rotatable bonds is 8. The van der Waals surface area contributed by atoms with Gasteiger partial charge in [-0.15, -0.1) is 0 Å². The maximum atomic E-state index is 14.6. The van der Waals surface area contributed by atoms with Gasteiger partial charge in [-0.2, -0.15) is 5.10 Å². The van der Waals surface area contributed by atoms with Crippen molar-refractivity contribution in [2.24, 2.45) is 0 Å². The van der Waals surface area contributed by atoms with Crippen LogP contribution in [0.15, 0.2) is 73.2 Å². The Morgan fingerprint density at radius 3 is 2.54 bits per heavy atom. The Balaban J connectivity index is 1.40. The van der Waals surface area contributed by atoms with Gasteiger partial charge in [-0.25, -0.2) is 22.5 Å². The van der Waals surface area contributed by atoms with Gasteiger partial charge >= 0.3 is 0 Å². The van der Waals surface area contributed by atoms with E-state index in [2.05, 4.69) is 46.9 Å². The van der Waals surface area contributed by atoms with Crippen molar-refractivity contribution in [1.29, 1.82) is 0 Å². The first-order valence-electron chi connectivity index (χ1n) is 12.9. The standard InChI is InChI=1S/C30H28FN7O2S/c1-38(2)17-19-8-21(15-32-13-19)22-11-26-29(36-37-30(26)33-16-22)28-12-25-24(5-4-6-27(25)35-28)20-7-18(9-23(31)10-20)14-34-41(3,39)40/h4-13,15-16,34-35H,14,17H2,1-3H3,(H,33,36,37). The van der Waals surface area contributed by atoms with Gasteiger partial charge in [0.05, 0.1) is 17.6 Å². The molecule has 0 saturated heterocycles. The van der Waals surface area contributed by atoms with Gasteiger partial charge in [0, 0.05) is 59.1 Å². The van der Waals surface area contributed by atoms with Gasteiger partial charge in [-0.3, -0.25) is 10.1 Å². The molecule has 0 bridgehead atoms. The lowest BCUT2D eigenvalue weighted by molar-refractivity contribution is 0.402. The Kier molecular flexibility index (Phi) is 6.86. The highest BCUT2D eigenvalue weighted by atomic mass is 32.2. The van der Waals surface area contributed by atoms with E-state index in [0.29, 0.717) is 16.8 Å². The van der Waals surface area contributed by atoms with Crippen LogP contribution in [0.25, 0.3) is 55.6 Å². The summed E-state index contributed by atoms with van der Waals surface area (Å²) in [4.78, 5) is 14.6. The van der Waals surface area contributed by atoms with Crippen LogP contribution < -0.4 is 4.72 Å². The third-order valence-corrected chi connectivity index (χ3v) is 7.45. The number of benzene rings is 2. The summed E-state index contributed by atoms with van der Waals surface area (Å²) in [5, 5.41) is 9.29. The van der Waals surface area contributed by atoms with E-state index in [1.54, 1.807) is 12.3 Å². The Hall–Kier alpha value is -4.45. The van der Waals surface area contributed by atoms with E-state index in [1.165, 1.54) is 12.1 Å². The molecule has 41 heavy (non-hydrogen) atoms. The van der Waals surface area contributed by atoms with Crippen LogP contribution in [0.3, 0.4) is 0 Å². The van der Waals surface area contributed by atoms with Crippen molar-refractivity contribution in [2.75, 3.05) is 20.4 Å². The second-order valence-corrected chi connectivity index (χ2v) is 12.2. The van der Waals surface area contributed by atoms with E-state index in [9.17, 15) is 12.8 Å². The summed E-state index contributed by atoms with van der Waals surface area (Å²) < 4.78 is 40.1. The maximum absolute atomic E-state index is 14.6. The molecule has 0 unspecified atom stereocenters. The fourth-order valence-electron chi connectivity index (χ4n) is 5.02. The van der Waals surface area contributed by atoms with Crippen LogP contribution in [0.1, 0.15) is 11.1 Å². The molecule has 4 aromatic heterocycles. The molecule has 11 heteroatoms. The predicted octanol–water partition coefficient (Wildman–Crippen LogP) is 5.09. The van der Waals surface area contributed by atoms with Crippen LogP contribution in [0, 0.1) is 5.82 Å². The molecular formula is C30H28FN7O2S. The normalized spacial score (nSPS) is 12.1. The maximum Gasteiger partial charge on any atom is 0.209 e. The van der Waals surface area contributed by atoms with Crippen LogP contribution in [-0.2, 0) is 23.1 Å². The molecular weight excluding hydrogens is 541 g/mol. The van der Waals surface area contributed by atoms with Gasteiger partial charge in [-0.1, -0.05) is 12.1 Å². The summed E-state index contributed by atoms with van der Waals surface area (Å²) in [6.45, 7) is 0.785. The fourth-order valence-corrected chi connectivity index (χ4v) is 5.45. The molecule has 6 aromatic rings. The highest BCUT2D eigenvalue weighted by Crippen LogP contribution is 2.35. The van der Waals surface area contributed by atoms with E-state index in [-0.39, 0.29) is 6.54 Å². The Morgan fingerprint density at radius 1 is 0.927 bits per heavy atom. The third kappa shape index (κ3) is 5.73. The third-order valence-electron chi connectivity index (χ3n) is 6.78. The molecule has 3 N–H and O–H groups in total. The molecule has 0 spiro atoms. The number of pyridine rings is 2. The highest BCUT2D eigenvalue weighted by Gasteiger charge is 2.16. The fraction of sp³-hybridized carbons (Fsp3) is 0.167. The zero-order chi connectivity index (χ0) is 28.7. The molecule has 0 fully saturated rings. The largest absolute Gasteiger partial charge is 0.353 e. The molecule has 0 radical (unpaired) electrons. The highest BCUT2D eigenvalue weighted by molar-refractivity contribution is 7.88. The van der Waals surface area contributed by atoms with Crippen LogP contribution in [-0.4, -0.2) is 58.8 Å². The summed E-state index contributed by atoms with van der Waals surface area (Å²) in [6, 6.07) is 16.5. The Bertz CT molecular complexity index is 2010. The summed E-state index contributed by atoms with van der Waals surface area (Å²) >= 11 is 0. The number of H-pyrrole nitrogens is 2. The van der Waals surface area contributed by atoms with Crippen molar-refractivity contribution < 1.29 is 12.8 Å². The van der Waals surface area contributed by atoms with Crippen molar-refractivity contribution >= 4 is 32.0 Å². The molecule has 0 amide bonds. The van der Waals surface area contributed by atoms with Gasteiger partial charge in [-0.05, 0) is 78.8 Å². The molecule has 0 atom stereocenters. The second-order valence-electron chi connectivity index (χ2n) is 10.4. The second kappa shape index (κ2) is 10.5. The molecule has 2 aromatic carbocycles. The molecule has 4 heterocycles. The SMILES string of the molecule is CN(C)Cc1cncc(-c2cnc3n[nH]c(-c4cc5c(-c6cc(F)cc(CNS(C)(=O)=O)c6)cccc5[nH]4)c3c2)c1. The molecule has 9 nitrogen and oxygen atoms in total. The van der Waals surface area contributed by atoms with Crippen LogP contribution in [0.5, 0.6) is 0 Å². The number of aromatic amines is 2. The van der Waals surface area contributed by atoms with Crippen molar-refractivity contribution in [1.82, 2.24) is 34.8 Å². The molecule has 6 rings (SSSR count). The summed E-state index contributed by atoms with van der Waals surface area (Å²) in [5.41, 5.74) is 8.05. The topological polar surface area (TPSA) is 120 Å². The summed E-state index contributed by atoms with van der Waals surface area (Å²) in [6.07, 6.45) is 6.57. The molecule has 0 aliphatic rings.